The van der Waals surface area contributed by atoms with Crippen molar-refractivity contribution in [2.45, 2.75) is 56.8 Å². The van der Waals surface area contributed by atoms with Crippen molar-refractivity contribution in [3.63, 3.8) is 0 Å². The minimum Gasteiger partial charge on any atom is -0.744 e. The summed E-state index contributed by atoms with van der Waals surface area (Å²) in [5, 5.41) is 2.42. The predicted octanol–water partition coefficient (Wildman–Crippen LogP) is -0.633. The van der Waals surface area contributed by atoms with E-state index in [0.29, 0.717) is 6.42 Å². The van der Waals surface area contributed by atoms with Gasteiger partial charge in [0.15, 0.2) is 0 Å². The van der Waals surface area contributed by atoms with Gasteiger partial charge in [0, 0.05) is 6.42 Å². The molecule has 0 aromatic heterocycles. The van der Waals surface area contributed by atoms with Gasteiger partial charge in [-0.25, -0.2) is 13.2 Å². The maximum Gasteiger partial charge on any atom is 1.00 e. The third-order valence-corrected chi connectivity index (χ3v) is 4.41. The molecule has 7 nitrogen and oxygen atoms in total. The third kappa shape index (κ3) is 10.3. The molecule has 9 heteroatoms. The van der Waals surface area contributed by atoms with Crippen LogP contribution in [-0.2, 0) is 19.7 Å². The molecular weight excluding hydrogens is 369 g/mol. The van der Waals surface area contributed by atoms with E-state index in [1.54, 1.807) is 0 Å². The van der Waals surface area contributed by atoms with E-state index in [0.717, 1.165) is 31.7 Å². The first-order chi connectivity index (χ1) is 11.8. The van der Waals surface area contributed by atoms with E-state index < -0.39 is 21.0 Å². The number of nitrogens with one attached hydrogen (secondary N) is 1. The number of carbonyl (C=O) groups excluding carboxylic acids is 2. The summed E-state index contributed by atoms with van der Waals surface area (Å²) >= 11 is 0. The van der Waals surface area contributed by atoms with Crippen LogP contribution in [0.25, 0.3) is 0 Å². The Bertz CT molecular complexity index is 678. The number of benzene rings is 1. The van der Waals surface area contributed by atoms with E-state index in [4.69, 9.17) is 4.74 Å². The van der Waals surface area contributed by atoms with Gasteiger partial charge in [0.1, 0.15) is 22.4 Å². The van der Waals surface area contributed by atoms with Gasteiger partial charge in [-0.1, -0.05) is 51.2 Å². The molecule has 0 saturated heterocycles. The third-order valence-electron chi connectivity index (χ3n) is 3.53. The molecule has 140 valence electrons. The van der Waals surface area contributed by atoms with Crippen LogP contribution in [0.1, 0.15) is 51.9 Å². The van der Waals surface area contributed by atoms with Crippen LogP contribution in [0.4, 0.5) is 0 Å². The van der Waals surface area contributed by atoms with E-state index in [9.17, 15) is 22.6 Å². The first-order valence-corrected chi connectivity index (χ1v) is 9.77. The molecule has 0 fully saturated rings. The second kappa shape index (κ2) is 13.3. The van der Waals surface area contributed by atoms with Gasteiger partial charge >= 0.3 is 35.5 Å². The molecule has 0 aliphatic rings. The van der Waals surface area contributed by atoms with Crippen molar-refractivity contribution in [2.24, 2.45) is 0 Å². The molecule has 26 heavy (non-hydrogen) atoms. The maximum absolute atomic E-state index is 11.7. The number of esters is 1. The van der Waals surface area contributed by atoms with Crippen LogP contribution in [0.15, 0.2) is 29.2 Å². The summed E-state index contributed by atoms with van der Waals surface area (Å²) in [5.74, 6) is -1.45. The van der Waals surface area contributed by atoms with Gasteiger partial charge in [-0.15, -0.1) is 0 Å². The van der Waals surface area contributed by atoms with Crippen LogP contribution in [0.5, 0.6) is 5.75 Å². The second-order valence-electron chi connectivity index (χ2n) is 5.67. The van der Waals surface area contributed by atoms with Crippen molar-refractivity contribution in [1.82, 2.24) is 5.32 Å². The molecule has 0 atom stereocenters. The van der Waals surface area contributed by atoms with Gasteiger partial charge < -0.3 is 14.6 Å². The van der Waals surface area contributed by atoms with Gasteiger partial charge in [-0.2, -0.15) is 0 Å². The molecule has 1 aromatic rings. The fraction of sp³-hybridized carbons (Fsp3) is 0.529. The molecule has 0 spiro atoms. The number of hydrogen-bond donors (Lipinski definition) is 1. The number of unbranched alkanes of at least 4 members (excludes halogenated alkanes) is 5. The van der Waals surface area contributed by atoms with Crippen molar-refractivity contribution in [2.75, 3.05) is 6.54 Å². The fourth-order valence-electron chi connectivity index (χ4n) is 2.22. The number of hydrogen-bond acceptors (Lipinski definition) is 6. The summed E-state index contributed by atoms with van der Waals surface area (Å²) in [6, 6.07) is 5.06. The van der Waals surface area contributed by atoms with Crippen molar-refractivity contribution in [1.29, 1.82) is 0 Å². The van der Waals surface area contributed by atoms with Crippen LogP contribution in [-0.4, -0.2) is 31.4 Å². The molecule has 0 saturated carbocycles. The summed E-state index contributed by atoms with van der Waals surface area (Å²) in [5.41, 5.74) is 0. The zero-order valence-electron chi connectivity index (χ0n) is 15.3. The average molecular weight is 393 g/mol. The molecule has 1 N–H and O–H groups in total. The van der Waals surface area contributed by atoms with Crippen molar-refractivity contribution in [3.05, 3.63) is 24.3 Å². The average Bonchev–Trinajstić information content (AvgIpc) is 2.55. The minimum atomic E-state index is -4.75. The molecule has 0 radical (unpaired) electrons. The topological polar surface area (TPSA) is 113 Å². The van der Waals surface area contributed by atoms with Crippen molar-refractivity contribution in [3.8, 4) is 5.75 Å². The van der Waals surface area contributed by atoms with Crippen LogP contribution >= 0.6 is 0 Å². The summed E-state index contributed by atoms with van der Waals surface area (Å²) < 4.78 is 38.2. The monoisotopic (exact) mass is 393 g/mol. The molecule has 0 aliphatic carbocycles. The van der Waals surface area contributed by atoms with E-state index in [-0.39, 0.29) is 47.8 Å². The molecule has 1 amide bonds. The van der Waals surface area contributed by atoms with Gasteiger partial charge in [0.2, 0.25) is 5.91 Å². The van der Waals surface area contributed by atoms with Crippen LogP contribution in [0, 0.1) is 0 Å². The number of rotatable bonds is 11. The fourth-order valence-corrected chi connectivity index (χ4v) is 2.83. The smallest absolute Gasteiger partial charge is 0.744 e. The molecule has 1 rings (SSSR count). The first kappa shape index (κ1) is 25.1. The van der Waals surface area contributed by atoms with Gasteiger partial charge in [-0.3, -0.25) is 4.79 Å². The van der Waals surface area contributed by atoms with Crippen molar-refractivity contribution >= 4 is 22.0 Å². The van der Waals surface area contributed by atoms with Crippen LogP contribution in [0.3, 0.4) is 0 Å². The molecule has 0 heterocycles. The molecular formula is C17H24NNaO6S. The summed E-state index contributed by atoms with van der Waals surface area (Å²) in [7, 11) is -4.75. The summed E-state index contributed by atoms with van der Waals surface area (Å²) in [4.78, 5) is 22.8. The minimum absolute atomic E-state index is 0. The normalized spacial score (nSPS) is 10.7. The first-order valence-electron chi connectivity index (χ1n) is 8.37. The molecule has 0 aliphatic heterocycles. The number of carbonyl (C=O) groups is 2. The Balaban J connectivity index is 0.00000625. The zero-order valence-corrected chi connectivity index (χ0v) is 18.1. The van der Waals surface area contributed by atoms with Crippen molar-refractivity contribution < 1.29 is 56.9 Å². The molecule has 0 unspecified atom stereocenters. The van der Waals surface area contributed by atoms with Crippen LogP contribution < -0.4 is 39.6 Å². The Labute approximate surface area is 176 Å². The zero-order chi connectivity index (χ0) is 18.7. The van der Waals surface area contributed by atoms with Crippen LogP contribution in [0.2, 0.25) is 0 Å². The van der Waals surface area contributed by atoms with Gasteiger partial charge in [0.25, 0.3) is 0 Å². The Hall–Kier alpha value is -0.930. The van der Waals surface area contributed by atoms with Gasteiger partial charge in [0.05, 0.1) is 4.90 Å². The number of ether oxygens (including phenoxy) is 1. The molecule has 0 bridgehead atoms. The standard InChI is InChI=1S/C17H25NO6S.Na/c1-2-3-4-5-6-7-12-16(19)18-13-17(20)24-14-10-8-9-11-15(14)25(21,22)23;/h8-11H,2-7,12-13H2,1H3,(H,18,19)(H,21,22,23);/q;+1/p-1. The SMILES string of the molecule is CCCCCCCCC(=O)NCC(=O)Oc1ccccc1S(=O)(=O)[O-].[Na+]. The summed E-state index contributed by atoms with van der Waals surface area (Å²) in [6.45, 7) is 1.75. The Morgan fingerprint density at radius 3 is 2.35 bits per heavy atom. The van der Waals surface area contributed by atoms with E-state index in [2.05, 4.69) is 12.2 Å². The summed E-state index contributed by atoms with van der Waals surface area (Å²) in [6.07, 6.45) is 6.65. The number of para-hydroxylation sites is 1. The van der Waals surface area contributed by atoms with E-state index in [1.807, 2.05) is 0 Å². The Morgan fingerprint density at radius 2 is 1.69 bits per heavy atom. The predicted molar refractivity (Wildman–Crippen MR) is 91.0 cm³/mol. The van der Waals surface area contributed by atoms with Gasteiger partial charge in [-0.05, 0) is 18.6 Å². The number of amides is 1. The Morgan fingerprint density at radius 1 is 1.08 bits per heavy atom. The second-order valence-corrected chi connectivity index (χ2v) is 7.02. The quantitative estimate of drug-likeness (QED) is 0.176. The molecule has 1 aromatic carbocycles. The largest absolute Gasteiger partial charge is 1.00 e. The Kier molecular flexibility index (Phi) is 12.8. The maximum atomic E-state index is 11.7. The van der Waals surface area contributed by atoms with E-state index >= 15 is 0 Å². The van der Waals surface area contributed by atoms with E-state index in [1.165, 1.54) is 31.0 Å².